The van der Waals surface area contributed by atoms with E-state index in [1.165, 1.54) is 4.57 Å². The number of rotatable bonds is 10. The first-order chi connectivity index (χ1) is 14.3. The number of nitrogens with two attached hydrogens (primary N) is 1. The standard InChI is InChI=1S/C17H27N9O4/c1-4-10(27)20-8-25(9-21-11(28)5-2)6-7-26-14-12(13(18)22-17(26)30)15(29)24-16(19-3)23-14/h4-9H2,1-3H3,(H,20,27)(H,21,28)(H2,18,22,30)(H2,19,23,24,29). The molecule has 0 radical (unpaired) electrons. The number of nitrogens with one attached hydrogen (secondary N) is 4. The molecule has 30 heavy (non-hydrogen) atoms. The van der Waals surface area contributed by atoms with Gasteiger partial charge in [0.2, 0.25) is 17.8 Å². The fourth-order valence-electron chi connectivity index (χ4n) is 2.62. The van der Waals surface area contributed by atoms with Crippen LogP contribution in [0.25, 0.3) is 11.0 Å². The van der Waals surface area contributed by atoms with E-state index in [0.717, 1.165) is 0 Å². The monoisotopic (exact) mass is 421 g/mol. The van der Waals surface area contributed by atoms with Crippen LogP contribution in [-0.2, 0) is 16.1 Å². The summed E-state index contributed by atoms with van der Waals surface area (Å²) in [5, 5.41) is 8.19. The molecular formula is C17H27N9O4. The lowest BCUT2D eigenvalue weighted by molar-refractivity contribution is -0.121. The molecule has 2 aromatic rings. The minimum Gasteiger partial charge on any atom is -0.383 e. The summed E-state index contributed by atoms with van der Waals surface area (Å²) in [7, 11) is 1.58. The fourth-order valence-corrected chi connectivity index (χ4v) is 2.62. The highest BCUT2D eigenvalue weighted by Crippen LogP contribution is 2.11. The van der Waals surface area contributed by atoms with Crippen LogP contribution in [0, 0.1) is 0 Å². The molecule has 6 N–H and O–H groups in total. The van der Waals surface area contributed by atoms with Gasteiger partial charge >= 0.3 is 5.69 Å². The molecule has 0 unspecified atom stereocenters. The van der Waals surface area contributed by atoms with E-state index in [9.17, 15) is 19.2 Å². The molecule has 0 fully saturated rings. The molecule has 2 heterocycles. The van der Waals surface area contributed by atoms with Crippen molar-refractivity contribution in [2.24, 2.45) is 0 Å². The van der Waals surface area contributed by atoms with E-state index >= 15 is 0 Å². The van der Waals surface area contributed by atoms with Crippen molar-refractivity contribution in [1.82, 2.24) is 35.1 Å². The lowest BCUT2D eigenvalue weighted by Gasteiger charge is -2.23. The van der Waals surface area contributed by atoms with Crippen molar-refractivity contribution in [3.05, 3.63) is 20.8 Å². The molecule has 2 aromatic heterocycles. The summed E-state index contributed by atoms with van der Waals surface area (Å²) in [6.45, 7) is 4.16. The first kappa shape index (κ1) is 22.8. The lowest BCUT2D eigenvalue weighted by atomic mass is 10.3. The molecule has 2 rings (SSSR count). The smallest absolute Gasteiger partial charge is 0.351 e. The zero-order chi connectivity index (χ0) is 22.3. The Hall–Kier alpha value is -3.48. The highest BCUT2D eigenvalue weighted by Gasteiger charge is 2.16. The Labute approximate surface area is 172 Å². The average molecular weight is 421 g/mol. The minimum atomic E-state index is -0.657. The summed E-state index contributed by atoms with van der Waals surface area (Å²) in [5.41, 5.74) is 4.67. The number of carbonyl (C=O) groups excluding carboxylic acids is 2. The predicted molar refractivity (Wildman–Crippen MR) is 112 cm³/mol. The van der Waals surface area contributed by atoms with Crippen LogP contribution in [0.1, 0.15) is 26.7 Å². The number of hydrogen-bond acceptors (Lipinski definition) is 9. The first-order valence-electron chi connectivity index (χ1n) is 9.54. The second kappa shape index (κ2) is 10.3. The molecule has 13 nitrogen and oxygen atoms in total. The second-order valence-electron chi connectivity index (χ2n) is 6.41. The van der Waals surface area contributed by atoms with Crippen LogP contribution in [-0.4, -0.2) is 63.2 Å². The minimum absolute atomic E-state index is 0.0127. The SMILES string of the molecule is CCC(=O)NCN(CCn1c(=O)nc(N)c2c(=O)[nH]c(NC)nc21)CNC(=O)CC. The first-order valence-corrected chi connectivity index (χ1v) is 9.54. The maximum atomic E-state index is 12.4. The van der Waals surface area contributed by atoms with E-state index < -0.39 is 11.2 Å². The molecule has 0 spiro atoms. The van der Waals surface area contributed by atoms with Gasteiger partial charge in [0.1, 0.15) is 11.2 Å². The summed E-state index contributed by atoms with van der Waals surface area (Å²) >= 11 is 0. The van der Waals surface area contributed by atoms with Crippen LogP contribution in [0.15, 0.2) is 9.59 Å². The molecule has 0 aliphatic carbocycles. The number of hydrogen-bond donors (Lipinski definition) is 5. The van der Waals surface area contributed by atoms with Crippen LogP contribution in [0.3, 0.4) is 0 Å². The number of amides is 2. The molecule has 0 aromatic carbocycles. The van der Waals surface area contributed by atoms with E-state index in [4.69, 9.17) is 5.73 Å². The van der Waals surface area contributed by atoms with E-state index in [0.29, 0.717) is 12.8 Å². The molecule has 0 aliphatic rings. The van der Waals surface area contributed by atoms with Gasteiger partial charge in [-0.1, -0.05) is 13.8 Å². The Morgan fingerprint density at radius 1 is 1.10 bits per heavy atom. The zero-order valence-corrected chi connectivity index (χ0v) is 17.2. The van der Waals surface area contributed by atoms with Crippen molar-refractivity contribution in [3.8, 4) is 0 Å². The van der Waals surface area contributed by atoms with Gasteiger partial charge in [-0.15, -0.1) is 0 Å². The zero-order valence-electron chi connectivity index (χ0n) is 17.2. The third kappa shape index (κ3) is 5.53. The van der Waals surface area contributed by atoms with Gasteiger partial charge in [0.25, 0.3) is 5.56 Å². The lowest BCUT2D eigenvalue weighted by Crippen LogP contribution is -2.45. The Morgan fingerprint density at radius 3 is 2.23 bits per heavy atom. The Kier molecular flexibility index (Phi) is 7.86. The van der Waals surface area contributed by atoms with Gasteiger partial charge in [-0.05, 0) is 0 Å². The van der Waals surface area contributed by atoms with Crippen LogP contribution in [0.4, 0.5) is 11.8 Å². The van der Waals surface area contributed by atoms with E-state index in [1.54, 1.807) is 25.8 Å². The average Bonchev–Trinajstić information content (AvgIpc) is 2.73. The molecule has 13 heteroatoms. The number of aromatic amines is 1. The number of aromatic nitrogens is 4. The van der Waals surface area contributed by atoms with Gasteiger partial charge in [-0.2, -0.15) is 9.97 Å². The van der Waals surface area contributed by atoms with Gasteiger partial charge in [-0.25, -0.2) is 4.79 Å². The Bertz CT molecular complexity index is 1010. The summed E-state index contributed by atoms with van der Waals surface area (Å²) in [6, 6.07) is 0. The molecular weight excluding hydrogens is 394 g/mol. The number of anilines is 2. The Balaban J connectivity index is 2.31. The highest BCUT2D eigenvalue weighted by atomic mass is 16.2. The molecule has 0 saturated carbocycles. The third-order valence-corrected chi connectivity index (χ3v) is 4.38. The summed E-state index contributed by atoms with van der Waals surface area (Å²) in [4.78, 5) is 60.2. The number of carbonyl (C=O) groups is 2. The second-order valence-corrected chi connectivity index (χ2v) is 6.41. The van der Waals surface area contributed by atoms with Gasteiger partial charge in [0.05, 0.1) is 13.3 Å². The maximum Gasteiger partial charge on any atom is 0.351 e. The fraction of sp³-hybridized carbons (Fsp3) is 0.529. The van der Waals surface area contributed by atoms with Crippen LogP contribution in [0.5, 0.6) is 0 Å². The predicted octanol–water partition coefficient (Wildman–Crippen LogP) is -1.63. The number of H-pyrrole nitrogens is 1. The normalized spacial score (nSPS) is 10.9. The molecule has 0 aliphatic heterocycles. The molecule has 0 saturated heterocycles. The molecule has 0 atom stereocenters. The van der Waals surface area contributed by atoms with E-state index in [2.05, 4.69) is 30.9 Å². The number of fused-ring (bicyclic) bond motifs is 1. The van der Waals surface area contributed by atoms with E-state index in [1.807, 2.05) is 0 Å². The molecule has 164 valence electrons. The van der Waals surface area contributed by atoms with Crippen molar-refractivity contribution in [2.75, 3.05) is 38.0 Å². The maximum absolute atomic E-state index is 12.4. The van der Waals surface area contributed by atoms with Crippen LogP contribution in [0.2, 0.25) is 0 Å². The van der Waals surface area contributed by atoms with Crippen molar-refractivity contribution in [1.29, 1.82) is 0 Å². The quantitative estimate of drug-likeness (QED) is 0.281. The van der Waals surface area contributed by atoms with Crippen molar-refractivity contribution < 1.29 is 9.59 Å². The summed E-state index contributed by atoms with van der Waals surface area (Å²) < 4.78 is 1.23. The number of nitrogens with zero attached hydrogens (tertiary/aromatic N) is 4. The van der Waals surface area contributed by atoms with E-state index in [-0.39, 0.29) is 61.0 Å². The number of nitrogen functional groups attached to an aromatic ring is 1. The largest absolute Gasteiger partial charge is 0.383 e. The van der Waals surface area contributed by atoms with Crippen LogP contribution >= 0.6 is 0 Å². The summed E-state index contributed by atoms with van der Waals surface area (Å²) in [6.07, 6.45) is 0.640. The van der Waals surface area contributed by atoms with Crippen LogP contribution < -0.4 is 32.9 Å². The van der Waals surface area contributed by atoms with Gasteiger partial charge < -0.3 is 21.7 Å². The van der Waals surface area contributed by atoms with Gasteiger partial charge in [0, 0.05) is 33.0 Å². The van der Waals surface area contributed by atoms with Crippen molar-refractivity contribution in [3.63, 3.8) is 0 Å². The highest BCUT2D eigenvalue weighted by molar-refractivity contribution is 5.85. The van der Waals surface area contributed by atoms with Crippen molar-refractivity contribution in [2.45, 2.75) is 33.2 Å². The molecule has 0 bridgehead atoms. The summed E-state index contributed by atoms with van der Waals surface area (Å²) in [5.74, 6) is -0.325. The van der Waals surface area contributed by atoms with Crippen molar-refractivity contribution >= 4 is 34.6 Å². The topological polar surface area (TPSA) is 180 Å². The third-order valence-electron chi connectivity index (χ3n) is 4.38. The molecule has 2 amide bonds. The van der Waals surface area contributed by atoms with Gasteiger partial charge in [-0.3, -0.25) is 28.8 Å². The Morgan fingerprint density at radius 2 is 1.70 bits per heavy atom. The van der Waals surface area contributed by atoms with Gasteiger partial charge in [0.15, 0.2) is 5.65 Å².